The lowest BCUT2D eigenvalue weighted by Crippen LogP contribution is -1.95. The Balaban J connectivity index is 1.59. The average molecular weight is 451 g/mol. The maximum Gasteiger partial charge on any atom is 0.128 e. The van der Waals surface area contributed by atoms with Gasteiger partial charge in [0, 0.05) is 27.2 Å². The number of phenolic OH excluding ortho intramolecular Hbond substituents is 1. The number of halogens is 1. The SMILES string of the molecule is COc1ccccc1-c1cn[nH]c1-c1ccc(OCc2ccc(Br)cc2)cc1O. The Morgan fingerprint density at radius 2 is 1.76 bits per heavy atom. The molecule has 2 N–H and O–H groups in total. The van der Waals surface area contributed by atoms with E-state index < -0.39 is 0 Å². The van der Waals surface area contributed by atoms with Crippen LogP contribution < -0.4 is 9.47 Å². The van der Waals surface area contributed by atoms with E-state index in [-0.39, 0.29) is 5.75 Å². The van der Waals surface area contributed by atoms with E-state index in [1.165, 1.54) is 0 Å². The number of ether oxygens (including phenoxy) is 2. The Hall–Kier alpha value is -3.25. The molecule has 0 aliphatic carbocycles. The highest BCUT2D eigenvalue weighted by Gasteiger charge is 2.16. The average Bonchev–Trinajstić information content (AvgIpc) is 3.22. The Morgan fingerprint density at radius 3 is 2.52 bits per heavy atom. The molecule has 0 amide bonds. The number of benzene rings is 3. The minimum atomic E-state index is 0.110. The number of hydrogen-bond donors (Lipinski definition) is 2. The fourth-order valence-corrected chi connectivity index (χ4v) is 3.39. The lowest BCUT2D eigenvalue weighted by atomic mass is 10.0. The minimum absolute atomic E-state index is 0.110. The van der Waals surface area contributed by atoms with Crippen molar-refractivity contribution in [3.8, 4) is 39.6 Å². The fourth-order valence-electron chi connectivity index (χ4n) is 3.12. The van der Waals surface area contributed by atoms with Crippen LogP contribution in [0.5, 0.6) is 17.2 Å². The molecule has 3 aromatic carbocycles. The normalized spacial score (nSPS) is 10.7. The summed E-state index contributed by atoms with van der Waals surface area (Å²) in [4.78, 5) is 0. The van der Waals surface area contributed by atoms with Gasteiger partial charge in [0.05, 0.1) is 19.0 Å². The number of aromatic hydroxyl groups is 1. The molecule has 0 spiro atoms. The quantitative estimate of drug-likeness (QED) is 0.389. The number of aromatic nitrogens is 2. The van der Waals surface area contributed by atoms with Gasteiger partial charge in [-0.05, 0) is 35.9 Å². The van der Waals surface area contributed by atoms with Crippen LogP contribution in [0.15, 0.2) is 77.4 Å². The van der Waals surface area contributed by atoms with Crippen molar-refractivity contribution in [2.24, 2.45) is 0 Å². The molecular weight excluding hydrogens is 432 g/mol. The summed E-state index contributed by atoms with van der Waals surface area (Å²) in [6, 6.07) is 20.9. The zero-order chi connectivity index (χ0) is 20.2. The van der Waals surface area contributed by atoms with Gasteiger partial charge in [-0.15, -0.1) is 0 Å². The van der Waals surface area contributed by atoms with Crippen LogP contribution in [0.1, 0.15) is 5.56 Å². The second-order valence-corrected chi connectivity index (χ2v) is 7.37. The van der Waals surface area contributed by atoms with Gasteiger partial charge in [-0.3, -0.25) is 5.10 Å². The largest absolute Gasteiger partial charge is 0.507 e. The molecule has 6 heteroatoms. The molecule has 5 nitrogen and oxygen atoms in total. The van der Waals surface area contributed by atoms with Gasteiger partial charge in [0.1, 0.15) is 23.9 Å². The molecule has 0 saturated heterocycles. The zero-order valence-electron chi connectivity index (χ0n) is 15.7. The smallest absolute Gasteiger partial charge is 0.128 e. The molecular formula is C23H19BrN2O3. The monoisotopic (exact) mass is 450 g/mol. The van der Waals surface area contributed by atoms with Crippen LogP contribution in [-0.4, -0.2) is 22.4 Å². The highest BCUT2D eigenvalue weighted by Crippen LogP contribution is 2.39. The minimum Gasteiger partial charge on any atom is -0.507 e. The van der Waals surface area contributed by atoms with Gasteiger partial charge in [0.25, 0.3) is 0 Å². The molecule has 29 heavy (non-hydrogen) atoms. The number of phenols is 1. The maximum atomic E-state index is 10.6. The van der Waals surface area contributed by atoms with Crippen LogP contribution in [0.4, 0.5) is 0 Å². The number of H-pyrrole nitrogens is 1. The molecule has 0 aliphatic rings. The summed E-state index contributed by atoms with van der Waals surface area (Å²) in [6.45, 7) is 0.419. The summed E-state index contributed by atoms with van der Waals surface area (Å²) < 4.78 is 12.3. The Bertz CT molecular complexity index is 1120. The van der Waals surface area contributed by atoms with E-state index in [0.717, 1.165) is 26.9 Å². The number of nitrogens with zero attached hydrogens (tertiary/aromatic N) is 1. The van der Waals surface area contributed by atoms with E-state index in [4.69, 9.17) is 9.47 Å². The molecule has 1 heterocycles. The molecule has 4 rings (SSSR count). The van der Waals surface area contributed by atoms with Crippen molar-refractivity contribution in [2.45, 2.75) is 6.61 Å². The van der Waals surface area contributed by atoms with E-state index in [1.54, 1.807) is 19.4 Å². The first-order chi connectivity index (χ1) is 14.2. The molecule has 0 saturated carbocycles. The predicted molar refractivity (Wildman–Crippen MR) is 116 cm³/mol. The fraction of sp³-hybridized carbons (Fsp3) is 0.0870. The van der Waals surface area contributed by atoms with E-state index in [1.807, 2.05) is 60.7 Å². The van der Waals surface area contributed by atoms with Gasteiger partial charge in [0.15, 0.2) is 0 Å². The van der Waals surface area contributed by atoms with Crippen LogP contribution in [0.2, 0.25) is 0 Å². The summed E-state index contributed by atoms with van der Waals surface area (Å²) in [5.74, 6) is 1.44. The summed E-state index contributed by atoms with van der Waals surface area (Å²) in [7, 11) is 1.63. The van der Waals surface area contributed by atoms with Crippen LogP contribution in [-0.2, 0) is 6.61 Å². The highest BCUT2D eigenvalue weighted by molar-refractivity contribution is 9.10. The third-order valence-electron chi connectivity index (χ3n) is 4.59. The number of hydrogen-bond acceptors (Lipinski definition) is 4. The van der Waals surface area contributed by atoms with Gasteiger partial charge in [-0.2, -0.15) is 5.10 Å². The number of para-hydroxylation sites is 1. The van der Waals surface area contributed by atoms with Crippen molar-refractivity contribution >= 4 is 15.9 Å². The molecule has 0 unspecified atom stereocenters. The van der Waals surface area contributed by atoms with E-state index in [2.05, 4.69) is 26.1 Å². The Labute approximate surface area is 177 Å². The molecule has 146 valence electrons. The van der Waals surface area contributed by atoms with Crippen molar-refractivity contribution < 1.29 is 14.6 Å². The third kappa shape index (κ3) is 4.12. The van der Waals surface area contributed by atoms with Crippen LogP contribution in [0.25, 0.3) is 22.4 Å². The van der Waals surface area contributed by atoms with Crippen LogP contribution >= 0.6 is 15.9 Å². The Kier molecular flexibility index (Phi) is 5.53. The number of methoxy groups -OCH3 is 1. The maximum absolute atomic E-state index is 10.6. The van der Waals surface area contributed by atoms with Gasteiger partial charge in [-0.1, -0.05) is 46.3 Å². The summed E-state index contributed by atoms with van der Waals surface area (Å²) >= 11 is 3.42. The predicted octanol–water partition coefficient (Wildman–Crippen LogP) is 5.80. The third-order valence-corrected chi connectivity index (χ3v) is 5.12. The van der Waals surface area contributed by atoms with E-state index in [0.29, 0.717) is 23.6 Å². The summed E-state index contributed by atoms with van der Waals surface area (Å²) in [5.41, 5.74) is 4.14. The number of aromatic amines is 1. The summed E-state index contributed by atoms with van der Waals surface area (Å²) in [6.07, 6.45) is 1.73. The van der Waals surface area contributed by atoms with Crippen molar-refractivity contribution in [1.29, 1.82) is 0 Å². The van der Waals surface area contributed by atoms with Gasteiger partial charge < -0.3 is 14.6 Å². The van der Waals surface area contributed by atoms with Crippen molar-refractivity contribution in [3.63, 3.8) is 0 Å². The number of rotatable bonds is 6. The van der Waals surface area contributed by atoms with Crippen LogP contribution in [0, 0.1) is 0 Å². The second-order valence-electron chi connectivity index (χ2n) is 6.45. The molecule has 0 bridgehead atoms. The molecule has 1 aromatic heterocycles. The van der Waals surface area contributed by atoms with Gasteiger partial charge in [-0.25, -0.2) is 0 Å². The lowest BCUT2D eigenvalue weighted by Gasteiger charge is -2.11. The molecule has 0 radical (unpaired) electrons. The Morgan fingerprint density at radius 1 is 0.966 bits per heavy atom. The zero-order valence-corrected chi connectivity index (χ0v) is 17.3. The summed E-state index contributed by atoms with van der Waals surface area (Å²) in [5, 5.41) is 17.8. The topological polar surface area (TPSA) is 67.4 Å². The molecule has 0 aliphatic heterocycles. The van der Waals surface area contributed by atoms with E-state index in [9.17, 15) is 5.11 Å². The lowest BCUT2D eigenvalue weighted by molar-refractivity contribution is 0.304. The van der Waals surface area contributed by atoms with Crippen molar-refractivity contribution in [2.75, 3.05) is 7.11 Å². The first-order valence-electron chi connectivity index (χ1n) is 9.03. The number of nitrogens with one attached hydrogen (secondary N) is 1. The van der Waals surface area contributed by atoms with E-state index >= 15 is 0 Å². The molecule has 0 atom stereocenters. The van der Waals surface area contributed by atoms with Crippen LogP contribution in [0.3, 0.4) is 0 Å². The highest BCUT2D eigenvalue weighted by atomic mass is 79.9. The van der Waals surface area contributed by atoms with Gasteiger partial charge in [0.2, 0.25) is 0 Å². The first-order valence-corrected chi connectivity index (χ1v) is 9.82. The van der Waals surface area contributed by atoms with Crippen molar-refractivity contribution in [3.05, 3.63) is 83.0 Å². The molecule has 0 fully saturated rings. The standard InChI is InChI=1S/C23H19BrN2O3/c1-28-22-5-3-2-4-18(22)20-13-25-26-23(20)19-11-10-17(12-21(19)27)29-14-15-6-8-16(24)9-7-15/h2-13,27H,14H2,1H3,(H,25,26). The second kappa shape index (κ2) is 8.41. The van der Waals surface area contributed by atoms with Crippen molar-refractivity contribution in [1.82, 2.24) is 10.2 Å². The first kappa shape index (κ1) is 19.1. The molecule has 4 aromatic rings. The van der Waals surface area contributed by atoms with Gasteiger partial charge >= 0.3 is 0 Å².